The van der Waals surface area contributed by atoms with E-state index in [1.807, 2.05) is 61.5 Å². The minimum absolute atomic E-state index is 0.0368. The molecule has 4 rings (SSSR count). The zero-order valence-corrected chi connectivity index (χ0v) is 17.4. The smallest absolute Gasteiger partial charge is 0.234 e. The Labute approximate surface area is 176 Å². The lowest BCUT2D eigenvalue weighted by Gasteiger charge is -2.37. The zero-order valence-electron chi connectivity index (χ0n) is 16.6. The minimum Gasteiger partial charge on any atom is -0.368 e. The number of imide groups is 1. The number of likely N-dealkylation sites (tertiary alicyclic amines) is 1. The third-order valence-electron chi connectivity index (χ3n) is 6.11. The number of rotatable bonds is 5. The molecule has 0 bridgehead atoms. The molecule has 2 aromatic carbocycles. The van der Waals surface area contributed by atoms with E-state index in [-0.39, 0.29) is 23.7 Å². The standard InChI is InChI=1S/C23H26ClN3O2/c1-17(18-7-3-2-4-8-18)19-15-22(28)27(23(19)29)16-25-11-13-26(14-12-25)21-10-6-5-9-20(21)24/h2-10,17,19H,11-16H2,1H3. The molecule has 5 nitrogen and oxygen atoms in total. The monoisotopic (exact) mass is 411 g/mol. The quantitative estimate of drug-likeness (QED) is 0.705. The van der Waals surface area contributed by atoms with Gasteiger partial charge in [-0.2, -0.15) is 0 Å². The first-order chi connectivity index (χ1) is 14.0. The highest BCUT2D eigenvalue weighted by Crippen LogP contribution is 2.33. The van der Waals surface area contributed by atoms with Crippen molar-refractivity contribution in [1.29, 1.82) is 0 Å². The first-order valence-corrected chi connectivity index (χ1v) is 10.5. The maximum Gasteiger partial charge on any atom is 0.234 e. The average Bonchev–Trinajstić information content (AvgIpc) is 3.03. The summed E-state index contributed by atoms with van der Waals surface area (Å²) in [5.41, 5.74) is 2.15. The molecule has 0 spiro atoms. The molecule has 6 heteroatoms. The van der Waals surface area contributed by atoms with Crippen LogP contribution in [0.1, 0.15) is 24.8 Å². The van der Waals surface area contributed by atoms with Crippen LogP contribution in [-0.2, 0) is 9.59 Å². The molecule has 0 N–H and O–H groups in total. The maximum absolute atomic E-state index is 13.0. The van der Waals surface area contributed by atoms with Crippen LogP contribution in [0.4, 0.5) is 5.69 Å². The molecular formula is C23H26ClN3O2. The van der Waals surface area contributed by atoms with Crippen LogP contribution in [0.25, 0.3) is 0 Å². The fraction of sp³-hybridized carbons (Fsp3) is 0.391. The third-order valence-corrected chi connectivity index (χ3v) is 6.43. The first-order valence-electron chi connectivity index (χ1n) is 10.2. The lowest BCUT2D eigenvalue weighted by molar-refractivity contribution is -0.142. The van der Waals surface area contributed by atoms with Crippen molar-refractivity contribution in [1.82, 2.24) is 9.80 Å². The van der Waals surface area contributed by atoms with Gasteiger partial charge in [0.25, 0.3) is 0 Å². The highest BCUT2D eigenvalue weighted by molar-refractivity contribution is 6.33. The predicted octanol–water partition coefficient (Wildman–Crippen LogP) is 3.60. The highest BCUT2D eigenvalue weighted by atomic mass is 35.5. The van der Waals surface area contributed by atoms with E-state index >= 15 is 0 Å². The molecule has 2 amide bonds. The number of benzene rings is 2. The van der Waals surface area contributed by atoms with Crippen molar-refractivity contribution in [3.8, 4) is 0 Å². The second-order valence-corrected chi connectivity index (χ2v) is 8.28. The van der Waals surface area contributed by atoms with E-state index in [2.05, 4.69) is 9.80 Å². The predicted molar refractivity (Wildman–Crippen MR) is 115 cm³/mol. The lowest BCUT2D eigenvalue weighted by atomic mass is 9.86. The molecule has 152 valence electrons. The summed E-state index contributed by atoms with van der Waals surface area (Å²) >= 11 is 6.31. The van der Waals surface area contributed by atoms with Crippen LogP contribution in [0, 0.1) is 5.92 Å². The highest BCUT2D eigenvalue weighted by Gasteiger charge is 2.42. The van der Waals surface area contributed by atoms with Crippen LogP contribution >= 0.6 is 11.6 Å². The molecule has 2 atom stereocenters. The Balaban J connectivity index is 1.36. The van der Waals surface area contributed by atoms with Gasteiger partial charge in [0.15, 0.2) is 0 Å². The number of hydrogen-bond donors (Lipinski definition) is 0. The Morgan fingerprint density at radius 2 is 1.62 bits per heavy atom. The van der Waals surface area contributed by atoms with Crippen molar-refractivity contribution in [3.63, 3.8) is 0 Å². The number of carbonyl (C=O) groups excluding carboxylic acids is 2. The van der Waals surface area contributed by atoms with Crippen molar-refractivity contribution in [2.45, 2.75) is 19.3 Å². The van der Waals surface area contributed by atoms with Crippen molar-refractivity contribution in [2.75, 3.05) is 37.7 Å². The summed E-state index contributed by atoms with van der Waals surface area (Å²) in [7, 11) is 0. The Morgan fingerprint density at radius 3 is 2.31 bits per heavy atom. The zero-order chi connectivity index (χ0) is 20.4. The van der Waals surface area contributed by atoms with E-state index in [4.69, 9.17) is 11.6 Å². The van der Waals surface area contributed by atoms with E-state index in [1.165, 1.54) is 4.90 Å². The Kier molecular flexibility index (Phi) is 5.88. The third kappa shape index (κ3) is 4.16. The molecule has 0 saturated carbocycles. The molecule has 29 heavy (non-hydrogen) atoms. The number of nitrogens with zero attached hydrogens (tertiary/aromatic N) is 3. The van der Waals surface area contributed by atoms with Crippen molar-refractivity contribution in [2.24, 2.45) is 5.92 Å². The van der Waals surface area contributed by atoms with Gasteiger partial charge in [0.1, 0.15) is 0 Å². The molecule has 2 aliphatic rings. The number of anilines is 1. The van der Waals surface area contributed by atoms with Gasteiger partial charge in [-0.05, 0) is 23.6 Å². The van der Waals surface area contributed by atoms with Crippen LogP contribution in [-0.4, -0.2) is 54.5 Å². The van der Waals surface area contributed by atoms with Gasteiger partial charge in [-0.25, -0.2) is 0 Å². The number of halogens is 1. The summed E-state index contributed by atoms with van der Waals surface area (Å²) < 4.78 is 0. The number of carbonyl (C=O) groups is 2. The second-order valence-electron chi connectivity index (χ2n) is 7.87. The van der Waals surface area contributed by atoms with E-state index in [1.54, 1.807) is 0 Å². The molecular weight excluding hydrogens is 386 g/mol. The van der Waals surface area contributed by atoms with Gasteiger partial charge >= 0.3 is 0 Å². The summed E-state index contributed by atoms with van der Waals surface area (Å²) in [6.45, 7) is 5.65. The summed E-state index contributed by atoms with van der Waals surface area (Å²) in [5.74, 6) is -0.333. The number of piperazine rings is 1. The lowest BCUT2D eigenvalue weighted by Crippen LogP contribution is -2.51. The summed E-state index contributed by atoms with van der Waals surface area (Å²) in [6.07, 6.45) is 0.300. The van der Waals surface area contributed by atoms with Gasteiger partial charge in [-0.3, -0.25) is 19.4 Å². The van der Waals surface area contributed by atoms with Crippen LogP contribution in [0.3, 0.4) is 0 Å². The molecule has 2 aliphatic heterocycles. The largest absolute Gasteiger partial charge is 0.368 e. The number of amides is 2. The molecule has 2 unspecified atom stereocenters. The van der Waals surface area contributed by atoms with Crippen molar-refractivity contribution < 1.29 is 9.59 Å². The molecule has 0 aliphatic carbocycles. The van der Waals surface area contributed by atoms with E-state index in [0.29, 0.717) is 13.1 Å². The number of hydrogen-bond acceptors (Lipinski definition) is 4. The fourth-order valence-electron chi connectivity index (χ4n) is 4.28. The number of para-hydroxylation sites is 1. The molecule has 0 aromatic heterocycles. The molecule has 2 fully saturated rings. The van der Waals surface area contributed by atoms with Gasteiger partial charge in [0.2, 0.25) is 11.8 Å². The van der Waals surface area contributed by atoms with E-state index < -0.39 is 0 Å². The summed E-state index contributed by atoms with van der Waals surface area (Å²) in [4.78, 5) is 31.5. The van der Waals surface area contributed by atoms with Gasteiger partial charge in [0.05, 0.1) is 23.3 Å². The molecule has 2 heterocycles. The molecule has 2 saturated heterocycles. The van der Waals surface area contributed by atoms with Crippen molar-refractivity contribution in [3.05, 3.63) is 65.2 Å². The van der Waals surface area contributed by atoms with Gasteiger partial charge in [-0.1, -0.05) is 61.0 Å². The van der Waals surface area contributed by atoms with Crippen molar-refractivity contribution >= 4 is 29.1 Å². The summed E-state index contributed by atoms with van der Waals surface area (Å²) in [6, 6.07) is 17.8. The maximum atomic E-state index is 13.0. The van der Waals surface area contributed by atoms with Gasteiger partial charge in [-0.15, -0.1) is 0 Å². The summed E-state index contributed by atoms with van der Waals surface area (Å²) in [5, 5.41) is 0.753. The topological polar surface area (TPSA) is 43.9 Å². The fourth-order valence-corrected chi connectivity index (χ4v) is 4.53. The molecule has 2 aromatic rings. The van der Waals surface area contributed by atoms with Crippen LogP contribution in [0.5, 0.6) is 0 Å². The average molecular weight is 412 g/mol. The van der Waals surface area contributed by atoms with Crippen LogP contribution in [0.2, 0.25) is 5.02 Å². The van der Waals surface area contributed by atoms with Crippen LogP contribution in [0.15, 0.2) is 54.6 Å². The van der Waals surface area contributed by atoms with Gasteiger partial charge < -0.3 is 4.90 Å². The van der Waals surface area contributed by atoms with E-state index in [9.17, 15) is 9.59 Å². The Morgan fingerprint density at radius 1 is 0.966 bits per heavy atom. The SMILES string of the molecule is CC(c1ccccc1)C1CC(=O)N(CN2CCN(c3ccccc3Cl)CC2)C1=O. The minimum atomic E-state index is -0.269. The Bertz CT molecular complexity index is 881. The normalized spacial score (nSPS) is 21.7. The second kappa shape index (κ2) is 8.56. The van der Waals surface area contributed by atoms with Crippen LogP contribution < -0.4 is 4.90 Å². The Hall–Kier alpha value is -2.37. The molecule has 0 radical (unpaired) electrons. The van der Waals surface area contributed by atoms with Gasteiger partial charge in [0, 0.05) is 32.6 Å². The first kappa shape index (κ1) is 19.9. The van der Waals surface area contributed by atoms with E-state index in [0.717, 1.165) is 42.5 Å².